The number of hydrogen-bond acceptors (Lipinski definition) is 3. The molecule has 3 aromatic rings. The quantitative estimate of drug-likeness (QED) is 0.649. The van der Waals surface area contributed by atoms with E-state index in [2.05, 4.69) is 9.97 Å². The van der Waals surface area contributed by atoms with Crippen LogP contribution in [0, 0.1) is 6.92 Å². The second kappa shape index (κ2) is 5.88. The van der Waals surface area contributed by atoms with Gasteiger partial charge in [-0.2, -0.15) is 0 Å². The number of para-hydroxylation sites is 1. The molecule has 1 aromatic carbocycles. The van der Waals surface area contributed by atoms with Crippen molar-refractivity contribution in [2.45, 2.75) is 13.5 Å². The molecule has 0 N–H and O–H groups in total. The van der Waals surface area contributed by atoms with Crippen molar-refractivity contribution in [3.8, 4) is 5.75 Å². The fourth-order valence-corrected chi connectivity index (χ4v) is 2.44. The van der Waals surface area contributed by atoms with Crippen LogP contribution in [-0.4, -0.2) is 9.97 Å². The summed E-state index contributed by atoms with van der Waals surface area (Å²) in [5.41, 5.74) is 2.58. The molecule has 21 heavy (non-hydrogen) atoms. The molecule has 3 rings (SSSR count). The van der Waals surface area contributed by atoms with Crippen molar-refractivity contribution in [1.29, 1.82) is 0 Å². The van der Waals surface area contributed by atoms with Crippen LogP contribution in [0.3, 0.4) is 0 Å². The Balaban J connectivity index is 1.90. The SMILES string of the molecule is Cc1ccc2cccc(OCc3ccc(Cl)nc3Cl)c2n1. The topological polar surface area (TPSA) is 35.0 Å². The van der Waals surface area contributed by atoms with Crippen molar-refractivity contribution < 1.29 is 4.74 Å². The predicted octanol–water partition coefficient (Wildman–Crippen LogP) is 4.82. The van der Waals surface area contributed by atoms with Gasteiger partial charge in [0.2, 0.25) is 0 Å². The summed E-state index contributed by atoms with van der Waals surface area (Å²) >= 11 is 11.8. The van der Waals surface area contributed by atoms with E-state index in [4.69, 9.17) is 27.9 Å². The lowest BCUT2D eigenvalue weighted by Crippen LogP contribution is -1.99. The van der Waals surface area contributed by atoms with Gasteiger partial charge in [0.1, 0.15) is 28.2 Å². The highest BCUT2D eigenvalue weighted by Crippen LogP contribution is 2.26. The van der Waals surface area contributed by atoms with Gasteiger partial charge in [-0.05, 0) is 31.2 Å². The van der Waals surface area contributed by atoms with Gasteiger partial charge >= 0.3 is 0 Å². The third-order valence-electron chi connectivity index (χ3n) is 3.10. The van der Waals surface area contributed by atoms with Gasteiger partial charge in [-0.25, -0.2) is 9.97 Å². The number of fused-ring (bicyclic) bond motifs is 1. The average Bonchev–Trinajstić information content (AvgIpc) is 2.46. The first-order valence-electron chi connectivity index (χ1n) is 6.43. The van der Waals surface area contributed by atoms with E-state index < -0.39 is 0 Å². The Morgan fingerprint density at radius 2 is 1.86 bits per heavy atom. The summed E-state index contributed by atoms with van der Waals surface area (Å²) < 4.78 is 5.85. The zero-order valence-corrected chi connectivity index (χ0v) is 12.8. The predicted molar refractivity (Wildman–Crippen MR) is 85.1 cm³/mol. The standard InChI is InChI=1S/C16H12Cl2N2O/c1-10-5-6-11-3-2-4-13(15(11)19-10)21-9-12-7-8-14(17)20-16(12)18/h2-8H,9H2,1H3. The van der Waals surface area contributed by atoms with Crippen LogP contribution in [-0.2, 0) is 6.61 Å². The van der Waals surface area contributed by atoms with Crippen LogP contribution in [0.4, 0.5) is 0 Å². The molecule has 0 spiro atoms. The molecule has 0 saturated carbocycles. The van der Waals surface area contributed by atoms with Crippen LogP contribution in [0.5, 0.6) is 5.75 Å². The van der Waals surface area contributed by atoms with E-state index in [0.29, 0.717) is 16.9 Å². The van der Waals surface area contributed by atoms with Gasteiger partial charge in [0.15, 0.2) is 0 Å². The smallest absolute Gasteiger partial charge is 0.146 e. The van der Waals surface area contributed by atoms with Gasteiger partial charge in [0.25, 0.3) is 0 Å². The molecular weight excluding hydrogens is 307 g/mol. The van der Waals surface area contributed by atoms with Crippen LogP contribution in [0.2, 0.25) is 10.3 Å². The molecule has 0 aliphatic heterocycles. The largest absolute Gasteiger partial charge is 0.487 e. The molecule has 0 aliphatic rings. The van der Waals surface area contributed by atoms with E-state index >= 15 is 0 Å². The second-order valence-corrected chi connectivity index (χ2v) is 5.40. The zero-order valence-electron chi connectivity index (χ0n) is 11.3. The number of nitrogens with zero attached hydrogens (tertiary/aromatic N) is 2. The minimum atomic E-state index is 0.317. The van der Waals surface area contributed by atoms with Crippen LogP contribution < -0.4 is 4.74 Å². The Kier molecular flexibility index (Phi) is 3.95. The first kappa shape index (κ1) is 14.1. The molecule has 0 amide bonds. The summed E-state index contributed by atoms with van der Waals surface area (Å²) in [6.45, 7) is 2.27. The molecule has 2 aromatic heterocycles. The van der Waals surface area contributed by atoms with Gasteiger partial charge < -0.3 is 4.74 Å². The van der Waals surface area contributed by atoms with Gasteiger partial charge in [0.05, 0.1) is 0 Å². The Morgan fingerprint density at radius 1 is 1.00 bits per heavy atom. The maximum Gasteiger partial charge on any atom is 0.146 e. The normalized spacial score (nSPS) is 10.8. The highest BCUT2D eigenvalue weighted by molar-refractivity contribution is 6.32. The van der Waals surface area contributed by atoms with Crippen LogP contribution in [0.15, 0.2) is 42.5 Å². The Bertz CT molecular complexity index is 805. The Morgan fingerprint density at radius 3 is 2.67 bits per heavy atom. The van der Waals surface area contributed by atoms with E-state index in [9.17, 15) is 0 Å². The first-order chi connectivity index (χ1) is 10.1. The third kappa shape index (κ3) is 3.09. The summed E-state index contributed by atoms with van der Waals surface area (Å²) in [7, 11) is 0. The van der Waals surface area contributed by atoms with Crippen molar-refractivity contribution in [2.24, 2.45) is 0 Å². The number of halogens is 2. The number of benzene rings is 1. The summed E-state index contributed by atoms with van der Waals surface area (Å²) in [6, 6.07) is 13.3. The maximum atomic E-state index is 6.05. The lowest BCUT2D eigenvalue weighted by atomic mass is 10.2. The van der Waals surface area contributed by atoms with Crippen molar-refractivity contribution in [1.82, 2.24) is 9.97 Å². The van der Waals surface area contributed by atoms with E-state index in [1.165, 1.54) is 0 Å². The molecule has 0 fully saturated rings. The molecular formula is C16H12Cl2N2O. The number of aromatic nitrogens is 2. The van der Waals surface area contributed by atoms with Crippen molar-refractivity contribution in [2.75, 3.05) is 0 Å². The monoisotopic (exact) mass is 318 g/mol. The fraction of sp³-hybridized carbons (Fsp3) is 0.125. The van der Waals surface area contributed by atoms with Crippen LogP contribution in [0.1, 0.15) is 11.3 Å². The summed E-state index contributed by atoms with van der Waals surface area (Å²) in [5.74, 6) is 0.724. The molecule has 0 atom stereocenters. The lowest BCUT2D eigenvalue weighted by Gasteiger charge is -2.10. The highest BCUT2D eigenvalue weighted by Gasteiger charge is 2.07. The molecule has 106 valence electrons. The molecule has 5 heteroatoms. The summed E-state index contributed by atoms with van der Waals surface area (Å²) in [4.78, 5) is 8.53. The highest BCUT2D eigenvalue weighted by atomic mass is 35.5. The lowest BCUT2D eigenvalue weighted by molar-refractivity contribution is 0.309. The average molecular weight is 319 g/mol. The summed E-state index contributed by atoms with van der Waals surface area (Å²) in [5, 5.41) is 1.76. The molecule has 2 heterocycles. The second-order valence-electron chi connectivity index (χ2n) is 4.65. The van der Waals surface area contributed by atoms with E-state index in [0.717, 1.165) is 27.9 Å². The summed E-state index contributed by atoms with van der Waals surface area (Å²) in [6.07, 6.45) is 0. The Labute approximate surface area is 132 Å². The van der Waals surface area contributed by atoms with Crippen molar-refractivity contribution >= 4 is 34.1 Å². The molecule has 0 unspecified atom stereocenters. The molecule has 0 aliphatic carbocycles. The van der Waals surface area contributed by atoms with Gasteiger partial charge in [-0.15, -0.1) is 0 Å². The van der Waals surface area contributed by atoms with E-state index in [1.807, 2.05) is 43.3 Å². The van der Waals surface area contributed by atoms with E-state index in [1.54, 1.807) is 6.07 Å². The number of rotatable bonds is 3. The Hall–Kier alpha value is -1.84. The molecule has 3 nitrogen and oxygen atoms in total. The van der Waals surface area contributed by atoms with Crippen molar-refractivity contribution in [3.63, 3.8) is 0 Å². The van der Waals surface area contributed by atoms with Crippen LogP contribution >= 0.6 is 23.2 Å². The van der Waals surface area contributed by atoms with Crippen LogP contribution in [0.25, 0.3) is 10.9 Å². The number of aryl methyl sites for hydroxylation is 1. The minimum Gasteiger partial charge on any atom is -0.487 e. The first-order valence-corrected chi connectivity index (χ1v) is 7.19. The van der Waals surface area contributed by atoms with Gasteiger partial charge in [-0.3, -0.25) is 0 Å². The van der Waals surface area contributed by atoms with Gasteiger partial charge in [0, 0.05) is 16.6 Å². The zero-order chi connectivity index (χ0) is 14.8. The minimum absolute atomic E-state index is 0.317. The molecule has 0 saturated heterocycles. The van der Waals surface area contributed by atoms with Gasteiger partial charge in [-0.1, -0.05) is 41.4 Å². The van der Waals surface area contributed by atoms with Crippen molar-refractivity contribution in [3.05, 3.63) is 64.0 Å². The molecule has 0 bridgehead atoms. The number of ether oxygens (including phenoxy) is 1. The third-order valence-corrected chi connectivity index (χ3v) is 3.64. The molecule has 0 radical (unpaired) electrons. The fourth-order valence-electron chi connectivity index (χ4n) is 2.04. The maximum absolute atomic E-state index is 6.05. The number of pyridine rings is 2. The number of hydrogen-bond donors (Lipinski definition) is 0. The van der Waals surface area contributed by atoms with E-state index in [-0.39, 0.29) is 0 Å².